The molecule has 0 fully saturated rings. The maximum absolute atomic E-state index is 13.5. The van der Waals surface area contributed by atoms with Crippen LogP contribution in [0.1, 0.15) is 5.56 Å². The van der Waals surface area contributed by atoms with Gasteiger partial charge in [0.1, 0.15) is 5.82 Å². The monoisotopic (exact) mass is 311 g/mol. The minimum atomic E-state index is -0.208. The molecule has 0 bridgehead atoms. The molecule has 88 valence electrons. The standard InChI is InChI=1S/C13H11BrFNS/c14-10-6-5-9(8-16)13(7-10)17-12-4-2-1-3-11(12)15/h1-7H,8,16H2. The van der Waals surface area contributed by atoms with Gasteiger partial charge in [0.25, 0.3) is 0 Å². The third-order valence-corrected chi connectivity index (χ3v) is 3.95. The maximum Gasteiger partial charge on any atom is 0.137 e. The van der Waals surface area contributed by atoms with Crippen molar-refractivity contribution in [3.8, 4) is 0 Å². The van der Waals surface area contributed by atoms with Crippen LogP contribution in [0.5, 0.6) is 0 Å². The van der Waals surface area contributed by atoms with Gasteiger partial charge in [0.15, 0.2) is 0 Å². The molecule has 4 heteroatoms. The Balaban J connectivity index is 2.35. The fourth-order valence-corrected chi connectivity index (χ4v) is 2.97. The Morgan fingerprint density at radius 2 is 1.88 bits per heavy atom. The van der Waals surface area contributed by atoms with Gasteiger partial charge in [-0.15, -0.1) is 0 Å². The number of rotatable bonds is 3. The highest BCUT2D eigenvalue weighted by atomic mass is 79.9. The summed E-state index contributed by atoms with van der Waals surface area (Å²) < 4.78 is 14.5. The van der Waals surface area contributed by atoms with Crippen molar-refractivity contribution in [2.24, 2.45) is 5.73 Å². The van der Waals surface area contributed by atoms with E-state index in [1.54, 1.807) is 12.1 Å². The van der Waals surface area contributed by atoms with Crippen molar-refractivity contribution in [1.29, 1.82) is 0 Å². The summed E-state index contributed by atoms with van der Waals surface area (Å²) in [6, 6.07) is 12.6. The van der Waals surface area contributed by atoms with Crippen molar-refractivity contribution >= 4 is 27.7 Å². The molecule has 0 saturated heterocycles. The highest BCUT2D eigenvalue weighted by Crippen LogP contribution is 2.33. The number of hydrogen-bond acceptors (Lipinski definition) is 2. The molecule has 0 radical (unpaired) electrons. The summed E-state index contributed by atoms with van der Waals surface area (Å²) in [6.07, 6.45) is 0. The molecular weight excluding hydrogens is 301 g/mol. The van der Waals surface area contributed by atoms with Gasteiger partial charge in [-0.2, -0.15) is 0 Å². The number of hydrogen-bond donors (Lipinski definition) is 1. The van der Waals surface area contributed by atoms with Gasteiger partial charge in [0.05, 0.1) is 0 Å². The molecule has 0 spiro atoms. The van der Waals surface area contributed by atoms with Gasteiger partial charge in [-0.25, -0.2) is 4.39 Å². The predicted octanol–water partition coefficient (Wildman–Crippen LogP) is 4.20. The molecule has 0 saturated carbocycles. The lowest BCUT2D eigenvalue weighted by Gasteiger charge is -2.08. The molecule has 0 aromatic heterocycles. The first-order valence-electron chi connectivity index (χ1n) is 5.11. The second kappa shape index (κ2) is 5.67. The fraction of sp³-hybridized carbons (Fsp3) is 0.0769. The molecule has 2 aromatic rings. The van der Waals surface area contributed by atoms with Crippen LogP contribution >= 0.6 is 27.7 Å². The van der Waals surface area contributed by atoms with E-state index in [4.69, 9.17) is 5.73 Å². The van der Waals surface area contributed by atoms with E-state index in [0.29, 0.717) is 11.4 Å². The Morgan fingerprint density at radius 3 is 2.59 bits per heavy atom. The summed E-state index contributed by atoms with van der Waals surface area (Å²) in [5, 5.41) is 0. The normalized spacial score (nSPS) is 10.5. The van der Waals surface area contributed by atoms with Crippen molar-refractivity contribution in [3.05, 3.63) is 58.3 Å². The third-order valence-electron chi connectivity index (χ3n) is 2.31. The first-order valence-corrected chi connectivity index (χ1v) is 6.72. The molecule has 0 amide bonds. The van der Waals surface area contributed by atoms with Gasteiger partial charge < -0.3 is 5.73 Å². The summed E-state index contributed by atoms with van der Waals surface area (Å²) in [5.74, 6) is -0.208. The minimum absolute atomic E-state index is 0.208. The van der Waals surface area contributed by atoms with Crippen LogP contribution < -0.4 is 5.73 Å². The molecule has 2 N–H and O–H groups in total. The maximum atomic E-state index is 13.5. The lowest BCUT2D eigenvalue weighted by Crippen LogP contribution is -1.98. The van der Waals surface area contributed by atoms with E-state index in [1.807, 2.05) is 24.3 Å². The quantitative estimate of drug-likeness (QED) is 0.919. The molecule has 0 unspecified atom stereocenters. The van der Waals surface area contributed by atoms with Crippen LogP contribution in [0, 0.1) is 5.82 Å². The van der Waals surface area contributed by atoms with E-state index >= 15 is 0 Å². The first-order chi connectivity index (χ1) is 8.20. The van der Waals surface area contributed by atoms with Gasteiger partial charge >= 0.3 is 0 Å². The van der Waals surface area contributed by atoms with Crippen LogP contribution in [-0.4, -0.2) is 0 Å². The van der Waals surface area contributed by atoms with Gasteiger partial charge in [-0.05, 0) is 29.8 Å². The highest BCUT2D eigenvalue weighted by molar-refractivity contribution is 9.10. The van der Waals surface area contributed by atoms with Crippen molar-refractivity contribution < 1.29 is 4.39 Å². The summed E-state index contributed by atoms with van der Waals surface area (Å²) in [6.45, 7) is 0.448. The van der Waals surface area contributed by atoms with E-state index in [1.165, 1.54) is 17.8 Å². The van der Waals surface area contributed by atoms with Crippen molar-refractivity contribution in [1.82, 2.24) is 0 Å². The van der Waals surface area contributed by atoms with Crippen molar-refractivity contribution in [3.63, 3.8) is 0 Å². The zero-order chi connectivity index (χ0) is 12.3. The Kier molecular flexibility index (Phi) is 4.20. The van der Waals surface area contributed by atoms with Gasteiger partial charge in [-0.3, -0.25) is 0 Å². The fourth-order valence-electron chi connectivity index (χ4n) is 1.44. The topological polar surface area (TPSA) is 26.0 Å². The van der Waals surface area contributed by atoms with Crippen molar-refractivity contribution in [2.75, 3.05) is 0 Å². The lowest BCUT2D eigenvalue weighted by atomic mass is 10.2. The molecule has 1 nitrogen and oxygen atoms in total. The van der Waals surface area contributed by atoms with Crippen LogP contribution in [0.4, 0.5) is 4.39 Å². The van der Waals surface area contributed by atoms with Crippen molar-refractivity contribution in [2.45, 2.75) is 16.3 Å². The molecular formula is C13H11BrFNS. The summed E-state index contributed by atoms with van der Waals surface area (Å²) >= 11 is 4.80. The molecule has 17 heavy (non-hydrogen) atoms. The Morgan fingerprint density at radius 1 is 1.12 bits per heavy atom. The average Bonchev–Trinajstić information content (AvgIpc) is 2.32. The Labute approximate surface area is 112 Å². The average molecular weight is 312 g/mol. The van der Waals surface area contributed by atoms with Gasteiger partial charge in [0.2, 0.25) is 0 Å². The van der Waals surface area contributed by atoms with Crippen LogP contribution in [0.2, 0.25) is 0 Å². The predicted molar refractivity (Wildman–Crippen MR) is 72.6 cm³/mol. The Hall–Kier alpha value is -0.840. The Bertz CT molecular complexity index is 531. The first kappa shape index (κ1) is 12.6. The van der Waals surface area contributed by atoms with E-state index < -0.39 is 0 Å². The van der Waals surface area contributed by atoms with E-state index in [9.17, 15) is 4.39 Å². The second-order valence-electron chi connectivity index (χ2n) is 3.49. The van der Waals surface area contributed by atoms with E-state index in [2.05, 4.69) is 15.9 Å². The zero-order valence-corrected chi connectivity index (χ0v) is 11.4. The SMILES string of the molecule is NCc1ccc(Br)cc1Sc1ccccc1F. The summed E-state index contributed by atoms with van der Waals surface area (Å²) in [5.41, 5.74) is 6.69. The van der Waals surface area contributed by atoms with Crippen LogP contribution in [0.15, 0.2) is 56.7 Å². The second-order valence-corrected chi connectivity index (χ2v) is 5.49. The third kappa shape index (κ3) is 3.09. The summed E-state index contributed by atoms with van der Waals surface area (Å²) in [7, 11) is 0. The van der Waals surface area contributed by atoms with E-state index in [-0.39, 0.29) is 5.82 Å². The van der Waals surface area contributed by atoms with Crippen LogP contribution in [0.25, 0.3) is 0 Å². The molecule has 0 aliphatic heterocycles. The summed E-state index contributed by atoms with van der Waals surface area (Å²) in [4.78, 5) is 1.59. The number of halogens is 2. The minimum Gasteiger partial charge on any atom is -0.326 e. The smallest absolute Gasteiger partial charge is 0.137 e. The molecule has 0 atom stereocenters. The molecule has 0 aliphatic rings. The van der Waals surface area contributed by atoms with Gasteiger partial charge in [0, 0.05) is 20.8 Å². The zero-order valence-electron chi connectivity index (χ0n) is 8.99. The lowest BCUT2D eigenvalue weighted by molar-refractivity contribution is 0.602. The molecule has 0 aliphatic carbocycles. The largest absolute Gasteiger partial charge is 0.326 e. The molecule has 0 heterocycles. The highest BCUT2D eigenvalue weighted by Gasteiger charge is 2.07. The number of nitrogens with two attached hydrogens (primary N) is 1. The number of benzene rings is 2. The molecule has 2 rings (SSSR count). The van der Waals surface area contributed by atoms with Gasteiger partial charge in [-0.1, -0.05) is 45.9 Å². The van der Waals surface area contributed by atoms with Crippen LogP contribution in [0.3, 0.4) is 0 Å². The molecule has 2 aromatic carbocycles. The van der Waals surface area contributed by atoms with Crippen LogP contribution in [-0.2, 0) is 6.54 Å². The van der Waals surface area contributed by atoms with E-state index in [0.717, 1.165) is 14.9 Å².